The maximum Gasteiger partial charge on any atom is 0.355 e. The van der Waals surface area contributed by atoms with Crippen LogP contribution in [0.3, 0.4) is 0 Å². The van der Waals surface area contributed by atoms with Crippen LogP contribution in [0.4, 0.5) is 11.4 Å². The van der Waals surface area contributed by atoms with E-state index < -0.39 is 18.0 Å². The van der Waals surface area contributed by atoms with Crippen LogP contribution < -0.4 is 5.32 Å². The number of ether oxygens (including phenoxy) is 2. The molecule has 24 heavy (non-hydrogen) atoms. The maximum atomic E-state index is 12.2. The van der Waals surface area contributed by atoms with Crippen molar-refractivity contribution in [2.75, 3.05) is 19.5 Å². The summed E-state index contributed by atoms with van der Waals surface area (Å²) in [6.45, 7) is 0. The van der Waals surface area contributed by atoms with E-state index in [4.69, 9.17) is 9.47 Å². The minimum absolute atomic E-state index is 0.0839. The van der Waals surface area contributed by atoms with Gasteiger partial charge in [-0.15, -0.1) is 0 Å². The van der Waals surface area contributed by atoms with E-state index in [9.17, 15) is 9.59 Å². The van der Waals surface area contributed by atoms with Gasteiger partial charge in [0.25, 0.3) is 0 Å². The summed E-state index contributed by atoms with van der Waals surface area (Å²) in [5.41, 5.74) is 1.10. The average Bonchev–Trinajstić information content (AvgIpc) is 2.65. The molecule has 1 atom stereocenters. The molecule has 0 aromatic heterocycles. The van der Waals surface area contributed by atoms with Crippen LogP contribution in [0.1, 0.15) is 0 Å². The monoisotopic (exact) mass is 326 g/mol. The summed E-state index contributed by atoms with van der Waals surface area (Å²) >= 11 is 0. The fourth-order valence-electron chi connectivity index (χ4n) is 2.03. The number of nitrogens with one attached hydrogen (secondary N) is 1. The molecule has 0 spiro atoms. The van der Waals surface area contributed by atoms with E-state index in [1.807, 2.05) is 24.3 Å². The molecule has 0 fully saturated rings. The molecule has 6 heteroatoms. The second kappa shape index (κ2) is 8.47. The van der Waals surface area contributed by atoms with Crippen molar-refractivity contribution in [3.8, 4) is 0 Å². The van der Waals surface area contributed by atoms with E-state index in [-0.39, 0.29) is 5.71 Å². The number of nitrogens with zero attached hydrogens (tertiary/aromatic N) is 1. The highest BCUT2D eigenvalue weighted by molar-refractivity contribution is 6.43. The highest BCUT2D eigenvalue weighted by Crippen LogP contribution is 2.15. The first kappa shape index (κ1) is 17.2. The molecule has 2 aromatic carbocycles. The van der Waals surface area contributed by atoms with Crippen molar-refractivity contribution in [3.05, 3.63) is 60.7 Å². The van der Waals surface area contributed by atoms with Gasteiger partial charge in [0.2, 0.25) is 0 Å². The maximum absolute atomic E-state index is 12.2. The van der Waals surface area contributed by atoms with Crippen molar-refractivity contribution in [1.29, 1.82) is 0 Å². The quantitative estimate of drug-likeness (QED) is 0.652. The summed E-state index contributed by atoms with van der Waals surface area (Å²) in [5, 5.41) is 2.96. The van der Waals surface area contributed by atoms with E-state index in [0.717, 1.165) is 0 Å². The smallest absolute Gasteiger partial charge is 0.355 e. The highest BCUT2D eigenvalue weighted by atomic mass is 16.5. The van der Waals surface area contributed by atoms with Crippen molar-refractivity contribution in [3.63, 3.8) is 0 Å². The van der Waals surface area contributed by atoms with Gasteiger partial charge in [-0.25, -0.2) is 14.6 Å². The molecule has 0 aliphatic heterocycles. The van der Waals surface area contributed by atoms with Gasteiger partial charge in [-0.3, -0.25) is 0 Å². The number of esters is 2. The van der Waals surface area contributed by atoms with Gasteiger partial charge in [-0.05, 0) is 24.3 Å². The third kappa shape index (κ3) is 4.42. The van der Waals surface area contributed by atoms with Crippen LogP contribution in [-0.2, 0) is 19.1 Å². The first-order valence-electron chi connectivity index (χ1n) is 7.27. The van der Waals surface area contributed by atoms with Crippen LogP contribution >= 0.6 is 0 Å². The summed E-state index contributed by atoms with van der Waals surface area (Å²) in [6.07, 6.45) is 0. The second-order valence-corrected chi connectivity index (χ2v) is 4.79. The van der Waals surface area contributed by atoms with Gasteiger partial charge in [0.15, 0.2) is 11.8 Å². The lowest BCUT2D eigenvalue weighted by molar-refractivity contribution is -0.141. The number of benzene rings is 2. The number of carbonyl (C=O) groups is 2. The molecule has 0 radical (unpaired) electrons. The van der Waals surface area contributed by atoms with Gasteiger partial charge in [0.05, 0.1) is 19.9 Å². The molecule has 0 amide bonds. The van der Waals surface area contributed by atoms with E-state index in [1.165, 1.54) is 14.2 Å². The minimum Gasteiger partial charge on any atom is -0.467 e. The number of methoxy groups -OCH3 is 2. The molecule has 0 saturated heterocycles. The Morgan fingerprint density at radius 1 is 0.917 bits per heavy atom. The molecule has 0 aliphatic rings. The Hall–Kier alpha value is -3.15. The standard InChI is InChI=1S/C18H18N2O4/c1-23-17(21)15(19-13-9-5-3-6-10-13)16(18(22)24-2)20-14-11-7-4-8-12-14/h3-12,15,19H,1-2H3. The lowest BCUT2D eigenvalue weighted by atomic mass is 10.1. The van der Waals surface area contributed by atoms with Gasteiger partial charge in [-0.1, -0.05) is 36.4 Å². The first-order chi connectivity index (χ1) is 11.7. The number of aliphatic imine (C=N–C) groups is 1. The fraction of sp³-hybridized carbons (Fsp3) is 0.167. The molecule has 124 valence electrons. The van der Waals surface area contributed by atoms with Gasteiger partial charge < -0.3 is 14.8 Å². The summed E-state index contributed by atoms with van der Waals surface area (Å²) in [4.78, 5) is 28.6. The zero-order chi connectivity index (χ0) is 17.4. The van der Waals surface area contributed by atoms with Crippen molar-refractivity contribution >= 4 is 29.0 Å². The summed E-state index contributed by atoms with van der Waals surface area (Å²) < 4.78 is 9.59. The van der Waals surface area contributed by atoms with Crippen LogP contribution in [0.15, 0.2) is 65.7 Å². The van der Waals surface area contributed by atoms with Gasteiger partial charge in [0.1, 0.15) is 0 Å². The normalized spacial score (nSPS) is 12.2. The largest absolute Gasteiger partial charge is 0.467 e. The SMILES string of the molecule is COC(=O)C(=Nc1ccccc1)C(Nc1ccccc1)C(=O)OC. The second-order valence-electron chi connectivity index (χ2n) is 4.79. The molecular formula is C18H18N2O4. The minimum atomic E-state index is -1.09. The molecule has 6 nitrogen and oxygen atoms in total. The molecule has 1 N–H and O–H groups in total. The van der Waals surface area contributed by atoms with E-state index in [2.05, 4.69) is 10.3 Å². The fourth-order valence-corrected chi connectivity index (χ4v) is 2.03. The number of carbonyl (C=O) groups excluding carboxylic acids is 2. The van der Waals surface area contributed by atoms with Gasteiger partial charge >= 0.3 is 11.9 Å². The lowest BCUT2D eigenvalue weighted by Gasteiger charge is -2.18. The van der Waals surface area contributed by atoms with Crippen molar-refractivity contribution in [2.45, 2.75) is 6.04 Å². The molecule has 0 aliphatic carbocycles. The highest BCUT2D eigenvalue weighted by Gasteiger charge is 2.31. The van der Waals surface area contributed by atoms with Crippen LogP contribution in [-0.4, -0.2) is 37.9 Å². The van der Waals surface area contributed by atoms with Crippen LogP contribution in [0.25, 0.3) is 0 Å². The molecule has 0 heterocycles. The molecule has 2 aromatic rings. The Morgan fingerprint density at radius 3 is 2.04 bits per heavy atom. The summed E-state index contributed by atoms with van der Waals surface area (Å²) in [5.74, 6) is -1.35. The van der Waals surface area contributed by atoms with Crippen LogP contribution in [0.5, 0.6) is 0 Å². The molecule has 2 rings (SSSR count). The van der Waals surface area contributed by atoms with E-state index in [0.29, 0.717) is 11.4 Å². The number of hydrogen-bond acceptors (Lipinski definition) is 6. The molecular weight excluding hydrogens is 308 g/mol. The Kier molecular flexibility index (Phi) is 6.08. The topological polar surface area (TPSA) is 77.0 Å². The lowest BCUT2D eigenvalue weighted by Crippen LogP contribution is -2.42. The summed E-state index contributed by atoms with van der Waals surface area (Å²) in [6, 6.07) is 16.8. The van der Waals surface area contributed by atoms with Crippen molar-refractivity contribution in [1.82, 2.24) is 0 Å². The van der Waals surface area contributed by atoms with Crippen molar-refractivity contribution < 1.29 is 19.1 Å². The van der Waals surface area contributed by atoms with Gasteiger partial charge in [-0.2, -0.15) is 0 Å². The molecule has 0 bridgehead atoms. The Labute approximate surface area is 140 Å². The Bertz CT molecular complexity index is 714. The summed E-state index contributed by atoms with van der Waals surface area (Å²) in [7, 11) is 2.49. The zero-order valence-corrected chi connectivity index (χ0v) is 13.4. The van der Waals surface area contributed by atoms with Crippen LogP contribution in [0, 0.1) is 0 Å². The number of anilines is 1. The molecule has 1 unspecified atom stereocenters. The number of hydrogen-bond donors (Lipinski definition) is 1. The van der Waals surface area contributed by atoms with E-state index in [1.54, 1.807) is 36.4 Å². The third-order valence-electron chi connectivity index (χ3n) is 3.20. The number of para-hydroxylation sites is 2. The predicted octanol–water partition coefficient (Wildman–Crippen LogP) is 2.59. The zero-order valence-electron chi connectivity index (χ0n) is 13.4. The third-order valence-corrected chi connectivity index (χ3v) is 3.20. The first-order valence-corrected chi connectivity index (χ1v) is 7.27. The van der Waals surface area contributed by atoms with Crippen molar-refractivity contribution in [2.24, 2.45) is 4.99 Å². The predicted molar refractivity (Wildman–Crippen MR) is 91.4 cm³/mol. The molecule has 0 saturated carbocycles. The Balaban J connectivity index is 2.43. The van der Waals surface area contributed by atoms with Crippen LogP contribution in [0.2, 0.25) is 0 Å². The average molecular weight is 326 g/mol. The Morgan fingerprint density at radius 2 is 1.50 bits per heavy atom. The van der Waals surface area contributed by atoms with Gasteiger partial charge in [0, 0.05) is 5.69 Å². The van der Waals surface area contributed by atoms with E-state index >= 15 is 0 Å². The number of rotatable bonds is 6.